The normalized spacial score (nSPS) is 13.2. The van der Waals surface area contributed by atoms with Gasteiger partial charge in [-0.3, -0.25) is 4.72 Å². The van der Waals surface area contributed by atoms with Crippen molar-refractivity contribution in [1.29, 1.82) is 0 Å². The molecule has 128 valence electrons. The van der Waals surface area contributed by atoms with E-state index in [0.29, 0.717) is 6.07 Å². The third kappa shape index (κ3) is 2.91. The molecular formula is C17H12F2N2O2S2. The maximum atomic E-state index is 13.8. The van der Waals surface area contributed by atoms with Crippen LogP contribution >= 0.6 is 11.3 Å². The molecule has 0 radical (unpaired) electrons. The Balaban J connectivity index is 1.71. The summed E-state index contributed by atoms with van der Waals surface area (Å²) in [6, 6.07) is 10.1. The maximum Gasteiger partial charge on any atom is 0.266 e. The second-order valence-electron chi connectivity index (χ2n) is 5.63. The van der Waals surface area contributed by atoms with E-state index in [1.807, 2.05) is 24.3 Å². The third-order valence-corrected chi connectivity index (χ3v) is 6.51. The molecular weight excluding hydrogens is 366 g/mol. The molecule has 0 bridgehead atoms. The van der Waals surface area contributed by atoms with Crippen molar-refractivity contribution in [3.63, 3.8) is 0 Å². The van der Waals surface area contributed by atoms with Crippen molar-refractivity contribution in [2.24, 2.45) is 0 Å². The van der Waals surface area contributed by atoms with E-state index in [9.17, 15) is 17.2 Å². The van der Waals surface area contributed by atoms with E-state index in [0.717, 1.165) is 46.7 Å². The molecule has 1 aromatic heterocycles. The molecule has 0 saturated carbocycles. The lowest BCUT2D eigenvalue weighted by molar-refractivity contribution is 0.555. The van der Waals surface area contributed by atoms with Gasteiger partial charge in [0.05, 0.1) is 5.69 Å². The fourth-order valence-corrected chi connectivity index (χ4v) is 5.15. The standard InChI is InChI=1S/C17H12F2N2O2S2/c18-11-6-7-13(19)15(9-11)25(22,23)21-17-20-16-12-4-2-1-3-10(12)5-8-14(16)24-17/h1-4,6-7,9H,5,8H2,(H,20,21). The molecule has 1 N–H and O–H groups in total. The Bertz CT molecular complexity index is 1080. The van der Waals surface area contributed by atoms with Gasteiger partial charge in [0, 0.05) is 10.4 Å². The Labute approximate surface area is 147 Å². The van der Waals surface area contributed by atoms with Gasteiger partial charge in [-0.2, -0.15) is 0 Å². The molecule has 0 atom stereocenters. The number of fused-ring (bicyclic) bond motifs is 3. The summed E-state index contributed by atoms with van der Waals surface area (Å²) in [5.74, 6) is -1.84. The molecule has 0 saturated heterocycles. The summed E-state index contributed by atoms with van der Waals surface area (Å²) in [6.45, 7) is 0. The summed E-state index contributed by atoms with van der Waals surface area (Å²) < 4.78 is 54.1. The van der Waals surface area contributed by atoms with Crippen LogP contribution in [-0.2, 0) is 22.9 Å². The molecule has 0 unspecified atom stereocenters. The summed E-state index contributed by atoms with van der Waals surface area (Å²) in [5, 5.41) is 0.144. The van der Waals surface area contributed by atoms with Gasteiger partial charge in [-0.15, -0.1) is 11.3 Å². The van der Waals surface area contributed by atoms with Gasteiger partial charge in [0.1, 0.15) is 16.5 Å². The van der Waals surface area contributed by atoms with Crippen LogP contribution in [0.1, 0.15) is 10.4 Å². The minimum absolute atomic E-state index is 0.144. The molecule has 0 aliphatic heterocycles. The van der Waals surface area contributed by atoms with E-state index >= 15 is 0 Å². The number of benzene rings is 2. The Kier molecular flexibility index (Phi) is 3.81. The van der Waals surface area contributed by atoms with Crippen LogP contribution in [0.5, 0.6) is 0 Å². The first-order valence-electron chi connectivity index (χ1n) is 7.50. The molecule has 25 heavy (non-hydrogen) atoms. The predicted octanol–water partition coefficient (Wildman–Crippen LogP) is 3.99. The SMILES string of the molecule is O=S(=O)(Nc1nc2c(s1)CCc1ccccc1-2)c1cc(F)ccc1F. The number of anilines is 1. The molecule has 2 aromatic carbocycles. The molecule has 1 aliphatic carbocycles. The summed E-state index contributed by atoms with van der Waals surface area (Å²) in [4.78, 5) is 4.60. The van der Waals surface area contributed by atoms with Crippen molar-refractivity contribution in [1.82, 2.24) is 4.98 Å². The number of sulfonamides is 1. The first-order chi connectivity index (χ1) is 11.9. The van der Waals surface area contributed by atoms with Crippen molar-refractivity contribution >= 4 is 26.5 Å². The van der Waals surface area contributed by atoms with Crippen LogP contribution < -0.4 is 4.72 Å². The Morgan fingerprint density at radius 2 is 1.88 bits per heavy atom. The Morgan fingerprint density at radius 3 is 2.72 bits per heavy atom. The van der Waals surface area contributed by atoms with Crippen molar-refractivity contribution in [2.45, 2.75) is 17.7 Å². The van der Waals surface area contributed by atoms with Gasteiger partial charge in [0.15, 0.2) is 5.13 Å². The van der Waals surface area contributed by atoms with E-state index in [1.54, 1.807) is 0 Å². The maximum absolute atomic E-state index is 13.8. The summed E-state index contributed by atoms with van der Waals surface area (Å²) >= 11 is 1.21. The zero-order valence-corrected chi connectivity index (χ0v) is 14.4. The number of nitrogens with one attached hydrogen (secondary N) is 1. The quantitative estimate of drug-likeness (QED) is 0.750. The van der Waals surface area contributed by atoms with Gasteiger partial charge in [-0.05, 0) is 36.6 Å². The first kappa shape index (κ1) is 16.2. The molecule has 1 heterocycles. The number of hydrogen-bond donors (Lipinski definition) is 1. The lowest BCUT2D eigenvalue weighted by atomic mass is 9.94. The molecule has 4 rings (SSSR count). The zero-order valence-electron chi connectivity index (χ0n) is 12.8. The van der Waals surface area contributed by atoms with Crippen LogP contribution in [0.2, 0.25) is 0 Å². The second-order valence-corrected chi connectivity index (χ2v) is 8.36. The molecule has 0 amide bonds. The first-order valence-corrected chi connectivity index (χ1v) is 9.80. The topological polar surface area (TPSA) is 59.1 Å². The highest BCUT2D eigenvalue weighted by Crippen LogP contribution is 2.38. The molecule has 0 spiro atoms. The third-order valence-electron chi connectivity index (χ3n) is 4.00. The lowest BCUT2D eigenvalue weighted by Gasteiger charge is -2.13. The number of nitrogens with zero attached hydrogens (tertiary/aromatic N) is 1. The summed E-state index contributed by atoms with van der Waals surface area (Å²) in [5.41, 5.74) is 2.87. The van der Waals surface area contributed by atoms with Gasteiger partial charge in [0.25, 0.3) is 10.0 Å². The predicted molar refractivity (Wildman–Crippen MR) is 92.1 cm³/mol. The van der Waals surface area contributed by atoms with Crippen molar-refractivity contribution in [3.05, 3.63) is 64.5 Å². The van der Waals surface area contributed by atoms with Gasteiger partial charge < -0.3 is 0 Å². The average molecular weight is 378 g/mol. The van der Waals surface area contributed by atoms with E-state index in [1.165, 1.54) is 11.3 Å². The van der Waals surface area contributed by atoms with Crippen LogP contribution in [0.15, 0.2) is 47.4 Å². The lowest BCUT2D eigenvalue weighted by Crippen LogP contribution is -2.14. The van der Waals surface area contributed by atoms with Crippen LogP contribution in [0.25, 0.3) is 11.3 Å². The van der Waals surface area contributed by atoms with E-state index in [4.69, 9.17) is 0 Å². The smallest absolute Gasteiger partial charge is 0.255 e. The highest BCUT2D eigenvalue weighted by atomic mass is 32.2. The molecule has 3 aromatic rings. The van der Waals surface area contributed by atoms with Crippen molar-refractivity contribution in [3.8, 4) is 11.3 Å². The van der Waals surface area contributed by atoms with Gasteiger partial charge in [0.2, 0.25) is 0 Å². The highest BCUT2D eigenvalue weighted by molar-refractivity contribution is 7.93. The fourth-order valence-electron chi connectivity index (χ4n) is 2.85. The van der Waals surface area contributed by atoms with Crippen LogP contribution in [0.4, 0.5) is 13.9 Å². The van der Waals surface area contributed by atoms with E-state index < -0.39 is 26.6 Å². The number of rotatable bonds is 3. The van der Waals surface area contributed by atoms with E-state index in [-0.39, 0.29) is 5.13 Å². The van der Waals surface area contributed by atoms with Crippen LogP contribution in [0.3, 0.4) is 0 Å². The summed E-state index contributed by atoms with van der Waals surface area (Å²) in [6.07, 6.45) is 1.62. The average Bonchev–Trinajstić information content (AvgIpc) is 2.99. The number of hydrogen-bond acceptors (Lipinski definition) is 4. The molecule has 0 fully saturated rings. The summed E-state index contributed by atoms with van der Waals surface area (Å²) in [7, 11) is -4.26. The monoisotopic (exact) mass is 378 g/mol. The van der Waals surface area contributed by atoms with Gasteiger partial charge >= 0.3 is 0 Å². The van der Waals surface area contributed by atoms with Crippen LogP contribution in [-0.4, -0.2) is 13.4 Å². The van der Waals surface area contributed by atoms with Crippen molar-refractivity contribution < 1.29 is 17.2 Å². The second kappa shape index (κ2) is 5.89. The Morgan fingerprint density at radius 1 is 1.08 bits per heavy atom. The Hall–Kier alpha value is -2.32. The van der Waals surface area contributed by atoms with Crippen LogP contribution in [0, 0.1) is 11.6 Å². The number of halogens is 2. The largest absolute Gasteiger partial charge is 0.266 e. The van der Waals surface area contributed by atoms with Crippen molar-refractivity contribution in [2.75, 3.05) is 4.72 Å². The van der Waals surface area contributed by atoms with E-state index in [2.05, 4.69) is 9.71 Å². The fraction of sp³-hybridized carbons (Fsp3) is 0.118. The van der Waals surface area contributed by atoms with Gasteiger partial charge in [-0.1, -0.05) is 24.3 Å². The van der Waals surface area contributed by atoms with Gasteiger partial charge in [-0.25, -0.2) is 22.2 Å². The zero-order chi connectivity index (χ0) is 17.6. The molecule has 4 nitrogen and oxygen atoms in total. The minimum Gasteiger partial charge on any atom is -0.255 e. The number of aryl methyl sites for hydroxylation is 2. The molecule has 1 aliphatic rings. The minimum atomic E-state index is -4.26. The number of thiazole rings is 1. The number of aromatic nitrogens is 1. The highest BCUT2D eigenvalue weighted by Gasteiger charge is 2.25. The molecule has 8 heteroatoms.